The highest BCUT2D eigenvalue weighted by Crippen LogP contribution is 2.30. The molecule has 1 aromatic rings. The van der Waals surface area contributed by atoms with Crippen LogP contribution in [0.2, 0.25) is 0 Å². The van der Waals surface area contributed by atoms with Crippen molar-refractivity contribution in [1.82, 2.24) is 5.32 Å². The fraction of sp³-hybridized carbons (Fsp3) is 0.500. The van der Waals surface area contributed by atoms with E-state index in [2.05, 4.69) is 16.7 Å². The summed E-state index contributed by atoms with van der Waals surface area (Å²) >= 11 is 0. The van der Waals surface area contributed by atoms with E-state index in [1.807, 2.05) is 24.3 Å². The van der Waals surface area contributed by atoms with E-state index in [9.17, 15) is 14.9 Å². The number of amides is 2. The first-order valence-corrected chi connectivity index (χ1v) is 8.49. The third-order valence-corrected chi connectivity index (χ3v) is 4.76. The lowest BCUT2D eigenvalue weighted by Gasteiger charge is -2.23. The van der Waals surface area contributed by atoms with E-state index in [1.54, 1.807) is 4.90 Å². The van der Waals surface area contributed by atoms with Gasteiger partial charge in [0.2, 0.25) is 11.8 Å². The molecule has 1 aromatic carbocycles. The van der Waals surface area contributed by atoms with Crippen molar-refractivity contribution < 1.29 is 9.59 Å². The first-order chi connectivity index (χ1) is 11.6. The minimum Gasteiger partial charge on any atom is -0.374 e. The maximum absolute atomic E-state index is 12.2. The molecule has 0 unspecified atom stereocenters. The summed E-state index contributed by atoms with van der Waals surface area (Å²) in [5, 5.41) is 15.3. The Bertz CT molecular complexity index is 674. The highest BCUT2D eigenvalue weighted by molar-refractivity contribution is 5.98. The van der Waals surface area contributed by atoms with Gasteiger partial charge in [-0.25, -0.2) is 0 Å². The van der Waals surface area contributed by atoms with Gasteiger partial charge in [0.1, 0.15) is 5.54 Å². The number of nitriles is 1. The van der Waals surface area contributed by atoms with Crippen molar-refractivity contribution in [2.45, 2.75) is 44.1 Å². The Morgan fingerprint density at radius 1 is 1.25 bits per heavy atom. The molecular formula is C18H22N4O2. The molecule has 2 amide bonds. The lowest BCUT2D eigenvalue weighted by atomic mass is 10.00. The summed E-state index contributed by atoms with van der Waals surface area (Å²) in [6, 6.07) is 9.76. The van der Waals surface area contributed by atoms with Gasteiger partial charge in [0, 0.05) is 13.0 Å². The predicted molar refractivity (Wildman–Crippen MR) is 91.5 cm³/mol. The molecule has 2 aliphatic rings. The molecule has 2 N–H and O–H groups in total. The third kappa shape index (κ3) is 3.35. The number of carbonyl (C=O) groups excluding carboxylic acids is 2. The summed E-state index contributed by atoms with van der Waals surface area (Å²) in [7, 11) is 0. The molecule has 0 bridgehead atoms. The fourth-order valence-corrected chi connectivity index (χ4v) is 3.49. The lowest BCUT2D eigenvalue weighted by molar-refractivity contribution is -0.120. The van der Waals surface area contributed by atoms with Crippen LogP contribution in [0.25, 0.3) is 0 Å². The molecule has 1 heterocycles. The second kappa shape index (κ2) is 6.91. The van der Waals surface area contributed by atoms with E-state index in [4.69, 9.17) is 0 Å². The Morgan fingerprint density at radius 3 is 2.67 bits per heavy atom. The van der Waals surface area contributed by atoms with Crippen LogP contribution in [-0.2, 0) is 9.59 Å². The smallest absolute Gasteiger partial charge is 0.240 e. The molecule has 1 saturated heterocycles. The highest BCUT2D eigenvalue weighted by atomic mass is 16.2. The molecular weight excluding hydrogens is 304 g/mol. The van der Waals surface area contributed by atoms with E-state index in [0.717, 1.165) is 30.6 Å². The molecule has 3 rings (SSSR count). The standard InChI is InChI=1S/C18H22N4O2/c19-13-18(9-3-4-10-18)21-16(23)12-20-14-6-1-2-7-15(14)22-11-5-8-17(22)24/h1-2,6-7,20H,3-5,8-12H2,(H,21,23). The number of carbonyl (C=O) groups is 2. The first-order valence-electron chi connectivity index (χ1n) is 8.49. The number of para-hydroxylation sites is 2. The molecule has 0 atom stereocenters. The number of hydrogen-bond donors (Lipinski definition) is 2. The summed E-state index contributed by atoms with van der Waals surface area (Å²) in [4.78, 5) is 25.9. The van der Waals surface area contributed by atoms with Crippen molar-refractivity contribution in [3.63, 3.8) is 0 Å². The van der Waals surface area contributed by atoms with Gasteiger partial charge in [-0.3, -0.25) is 9.59 Å². The van der Waals surface area contributed by atoms with Crippen LogP contribution in [0, 0.1) is 11.3 Å². The summed E-state index contributed by atoms with van der Waals surface area (Å²) < 4.78 is 0. The molecule has 2 fully saturated rings. The van der Waals surface area contributed by atoms with Gasteiger partial charge in [-0.05, 0) is 44.2 Å². The molecule has 0 spiro atoms. The van der Waals surface area contributed by atoms with Crippen molar-refractivity contribution >= 4 is 23.2 Å². The number of nitrogens with zero attached hydrogens (tertiary/aromatic N) is 2. The number of nitrogens with one attached hydrogen (secondary N) is 2. The molecule has 6 nitrogen and oxygen atoms in total. The topological polar surface area (TPSA) is 85.2 Å². The van der Waals surface area contributed by atoms with Crippen molar-refractivity contribution in [2.24, 2.45) is 0 Å². The molecule has 1 aliphatic carbocycles. The van der Waals surface area contributed by atoms with Gasteiger partial charge in [-0.15, -0.1) is 0 Å². The monoisotopic (exact) mass is 326 g/mol. The van der Waals surface area contributed by atoms with Gasteiger partial charge in [0.25, 0.3) is 0 Å². The van der Waals surface area contributed by atoms with Gasteiger partial charge >= 0.3 is 0 Å². The minimum absolute atomic E-state index is 0.0858. The number of anilines is 2. The van der Waals surface area contributed by atoms with E-state index < -0.39 is 5.54 Å². The number of benzene rings is 1. The predicted octanol–water partition coefficient (Wildman–Crippen LogP) is 2.18. The molecule has 24 heavy (non-hydrogen) atoms. The summed E-state index contributed by atoms with van der Waals surface area (Å²) in [6.45, 7) is 0.795. The number of hydrogen-bond acceptors (Lipinski definition) is 4. The largest absolute Gasteiger partial charge is 0.374 e. The summed E-state index contributed by atoms with van der Waals surface area (Å²) in [5.41, 5.74) is 0.868. The third-order valence-electron chi connectivity index (χ3n) is 4.76. The van der Waals surface area contributed by atoms with Gasteiger partial charge in [-0.1, -0.05) is 12.1 Å². The van der Waals surface area contributed by atoms with Crippen LogP contribution in [0.4, 0.5) is 11.4 Å². The van der Waals surface area contributed by atoms with Gasteiger partial charge in [-0.2, -0.15) is 5.26 Å². The molecule has 0 radical (unpaired) electrons. The van der Waals surface area contributed by atoms with Crippen molar-refractivity contribution in [1.29, 1.82) is 5.26 Å². The zero-order valence-corrected chi connectivity index (χ0v) is 13.7. The van der Waals surface area contributed by atoms with Crippen LogP contribution in [0.5, 0.6) is 0 Å². The quantitative estimate of drug-likeness (QED) is 0.868. The zero-order chi connectivity index (χ0) is 17.0. The highest BCUT2D eigenvalue weighted by Gasteiger charge is 2.35. The minimum atomic E-state index is -0.705. The number of rotatable bonds is 5. The molecule has 126 valence electrons. The Labute approximate surface area is 141 Å². The Hall–Kier alpha value is -2.55. The van der Waals surface area contributed by atoms with Gasteiger partial charge in [0.05, 0.1) is 24.0 Å². The fourth-order valence-electron chi connectivity index (χ4n) is 3.49. The molecule has 6 heteroatoms. The van der Waals surface area contributed by atoms with Gasteiger partial charge < -0.3 is 15.5 Å². The molecule has 1 aliphatic heterocycles. The molecule has 0 aromatic heterocycles. The summed E-state index contributed by atoms with van der Waals surface area (Å²) in [6.07, 6.45) is 4.81. The van der Waals surface area contributed by atoms with Crippen LogP contribution < -0.4 is 15.5 Å². The van der Waals surface area contributed by atoms with Crippen LogP contribution in [0.15, 0.2) is 24.3 Å². The van der Waals surface area contributed by atoms with E-state index in [1.165, 1.54) is 0 Å². The van der Waals surface area contributed by atoms with Crippen molar-refractivity contribution in [3.8, 4) is 6.07 Å². The zero-order valence-electron chi connectivity index (χ0n) is 13.7. The second-order valence-corrected chi connectivity index (χ2v) is 6.47. The van der Waals surface area contributed by atoms with E-state index in [0.29, 0.717) is 25.8 Å². The van der Waals surface area contributed by atoms with Crippen LogP contribution in [0.3, 0.4) is 0 Å². The second-order valence-electron chi connectivity index (χ2n) is 6.47. The van der Waals surface area contributed by atoms with Crippen LogP contribution >= 0.6 is 0 Å². The maximum Gasteiger partial charge on any atom is 0.240 e. The average molecular weight is 326 g/mol. The first kappa shape index (κ1) is 16.3. The van der Waals surface area contributed by atoms with E-state index >= 15 is 0 Å². The van der Waals surface area contributed by atoms with Crippen LogP contribution in [0.1, 0.15) is 38.5 Å². The van der Waals surface area contributed by atoms with Crippen molar-refractivity contribution in [2.75, 3.05) is 23.3 Å². The molecule has 1 saturated carbocycles. The van der Waals surface area contributed by atoms with Crippen LogP contribution in [-0.4, -0.2) is 30.4 Å². The SMILES string of the molecule is N#CC1(NC(=O)CNc2ccccc2N2CCCC2=O)CCCC1. The van der Waals surface area contributed by atoms with Gasteiger partial charge in [0.15, 0.2) is 0 Å². The average Bonchev–Trinajstić information content (AvgIpc) is 3.23. The maximum atomic E-state index is 12.2. The summed E-state index contributed by atoms with van der Waals surface area (Å²) in [5.74, 6) is -0.0795. The lowest BCUT2D eigenvalue weighted by Crippen LogP contribution is -2.47. The van der Waals surface area contributed by atoms with Crippen molar-refractivity contribution in [3.05, 3.63) is 24.3 Å². The normalized spacial score (nSPS) is 19.1. The Balaban J connectivity index is 1.64. The Kier molecular flexibility index (Phi) is 4.70. The Morgan fingerprint density at radius 2 is 2.00 bits per heavy atom. The van der Waals surface area contributed by atoms with E-state index in [-0.39, 0.29) is 18.4 Å².